The number of oxazole rings is 1. The average molecular weight is 337 g/mol. The van der Waals surface area contributed by atoms with Gasteiger partial charge in [-0.25, -0.2) is 9.78 Å². The number of anilines is 1. The second-order valence-corrected chi connectivity index (χ2v) is 5.60. The van der Waals surface area contributed by atoms with Crippen molar-refractivity contribution in [3.63, 3.8) is 0 Å². The van der Waals surface area contributed by atoms with Gasteiger partial charge in [0.1, 0.15) is 6.26 Å². The molecule has 3 N–H and O–H groups in total. The third kappa shape index (κ3) is 4.05. The zero-order valence-corrected chi connectivity index (χ0v) is 13.8. The van der Waals surface area contributed by atoms with Crippen LogP contribution in [0.25, 0.3) is 11.5 Å². The Labute approximate surface area is 145 Å². The van der Waals surface area contributed by atoms with Gasteiger partial charge in [-0.15, -0.1) is 0 Å². The normalized spacial score (nSPS) is 10.5. The largest absolute Gasteiger partial charge is 0.445 e. The molecule has 6 nitrogen and oxygen atoms in total. The minimum absolute atomic E-state index is 0.0588. The number of benzene rings is 2. The Morgan fingerprint density at radius 1 is 1.20 bits per heavy atom. The molecule has 0 aliphatic heterocycles. The molecule has 0 aliphatic rings. The fraction of sp³-hybridized carbons (Fsp3) is 0.158. The SMILES string of the molecule is Cc1ccc(-c2ncco2)cc1NC(=O)NCc1ccccc1CO. The summed E-state index contributed by atoms with van der Waals surface area (Å²) in [4.78, 5) is 16.3. The summed E-state index contributed by atoms with van der Waals surface area (Å²) in [6.07, 6.45) is 3.08. The van der Waals surface area contributed by atoms with E-state index in [1.807, 2.05) is 49.4 Å². The summed E-state index contributed by atoms with van der Waals surface area (Å²) in [7, 11) is 0. The van der Waals surface area contributed by atoms with E-state index in [1.165, 1.54) is 6.26 Å². The van der Waals surface area contributed by atoms with E-state index in [0.29, 0.717) is 18.1 Å². The van der Waals surface area contributed by atoms with Crippen molar-refractivity contribution in [3.05, 3.63) is 71.6 Å². The number of nitrogens with one attached hydrogen (secondary N) is 2. The third-order valence-corrected chi connectivity index (χ3v) is 3.89. The number of aromatic nitrogens is 1. The lowest BCUT2D eigenvalue weighted by molar-refractivity contribution is 0.251. The maximum Gasteiger partial charge on any atom is 0.319 e. The summed E-state index contributed by atoms with van der Waals surface area (Å²) in [6, 6.07) is 12.7. The molecule has 0 spiro atoms. The van der Waals surface area contributed by atoms with Crippen molar-refractivity contribution in [3.8, 4) is 11.5 Å². The summed E-state index contributed by atoms with van der Waals surface area (Å²) in [5, 5.41) is 15.0. The van der Waals surface area contributed by atoms with Crippen LogP contribution < -0.4 is 10.6 Å². The van der Waals surface area contributed by atoms with Gasteiger partial charge >= 0.3 is 6.03 Å². The number of rotatable bonds is 5. The Morgan fingerprint density at radius 3 is 2.72 bits per heavy atom. The van der Waals surface area contributed by atoms with Crippen LogP contribution in [0, 0.1) is 6.92 Å². The first-order valence-corrected chi connectivity index (χ1v) is 7.90. The Balaban J connectivity index is 1.67. The molecule has 2 aromatic carbocycles. The molecule has 0 bridgehead atoms. The lowest BCUT2D eigenvalue weighted by Gasteiger charge is -2.12. The molecule has 3 aromatic rings. The molecule has 3 rings (SSSR count). The van der Waals surface area contributed by atoms with Crippen LogP contribution in [-0.2, 0) is 13.2 Å². The van der Waals surface area contributed by atoms with Crippen LogP contribution in [0.2, 0.25) is 0 Å². The smallest absolute Gasteiger partial charge is 0.319 e. The highest BCUT2D eigenvalue weighted by molar-refractivity contribution is 5.90. The minimum Gasteiger partial charge on any atom is -0.445 e. The first kappa shape index (κ1) is 16.7. The fourth-order valence-corrected chi connectivity index (χ4v) is 2.48. The molecule has 0 saturated carbocycles. The number of aliphatic hydroxyl groups excluding tert-OH is 1. The average Bonchev–Trinajstić information content (AvgIpc) is 3.16. The van der Waals surface area contributed by atoms with Gasteiger partial charge in [0, 0.05) is 17.8 Å². The van der Waals surface area contributed by atoms with Crippen molar-refractivity contribution >= 4 is 11.7 Å². The van der Waals surface area contributed by atoms with E-state index in [2.05, 4.69) is 15.6 Å². The van der Waals surface area contributed by atoms with Crippen LogP contribution in [0.3, 0.4) is 0 Å². The van der Waals surface area contributed by atoms with E-state index in [9.17, 15) is 9.90 Å². The maximum absolute atomic E-state index is 12.2. The standard InChI is InChI=1S/C19H19N3O3/c1-13-6-7-14(18-20-8-9-25-18)10-17(13)22-19(24)21-11-15-4-2-3-5-16(15)12-23/h2-10,23H,11-12H2,1H3,(H2,21,22,24). The molecule has 0 unspecified atom stereocenters. The summed E-state index contributed by atoms with van der Waals surface area (Å²) in [6.45, 7) is 2.19. The van der Waals surface area contributed by atoms with E-state index < -0.39 is 0 Å². The van der Waals surface area contributed by atoms with Crippen LogP contribution in [0.5, 0.6) is 0 Å². The Morgan fingerprint density at radius 2 is 2.00 bits per heavy atom. The Kier molecular flexibility index (Phi) is 5.11. The number of hydrogen-bond acceptors (Lipinski definition) is 4. The maximum atomic E-state index is 12.2. The van der Waals surface area contributed by atoms with E-state index in [4.69, 9.17) is 4.42 Å². The fourth-order valence-electron chi connectivity index (χ4n) is 2.48. The van der Waals surface area contributed by atoms with Gasteiger partial charge in [-0.2, -0.15) is 0 Å². The van der Waals surface area contributed by atoms with Crippen molar-refractivity contribution < 1.29 is 14.3 Å². The van der Waals surface area contributed by atoms with Gasteiger partial charge in [0.25, 0.3) is 0 Å². The molecule has 0 fully saturated rings. The lowest BCUT2D eigenvalue weighted by Crippen LogP contribution is -2.28. The molecule has 1 heterocycles. The van der Waals surface area contributed by atoms with E-state index in [-0.39, 0.29) is 12.6 Å². The van der Waals surface area contributed by atoms with Crippen LogP contribution in [0.1, 0.15) is 16.7 Å². The summed E-state index contributed by atoms with van der Waals surface area (Å²) in [5.41, 5.74) is 4.08. The van der Waals surface area contributed by atoms with Gasteiger partial charge < -0.3 is 20.2 Å². The predicted octanol–water partition coefficient (Wildman–Crippen LogP) is 3.46. The molecule has 0 atom stereocenters. The van der Waals surface area contributed by atoms with E-state index in [0.717, 1.165) is 22.3 Å². The third-order valence-electron chi connectivity index (χ3n) is 3.89. The van der Waals surface area contributed by atoms with Gasteiger partial charge in [0.15, 0.2) is 0 Å². The zero-order chi connectivity index (χ0) is 17.6. The van der Waals surface area contributed by atoms with Crippen molar-refractivity contribution in [2.24, 2.45) is 0 Å². The molecule has 2 amide bonds. The predicted molar refractivity (Wildman–Crippen MR) is 94.9 cm³/mol. The number of amides is 2. The molecule has 128 valence electrons. The molecular formula is C19H19N3O3. The van der Waals surface area contributed by atoms with Crippen molar-refractivity contribution in [1.82, 2.24) is 10.3 Å². The number of hydrogen-bond donors (Lipinski definition) is 3. The number of carbonyl (C=O) groups excluding carboxylic acids is 1. The number of nitrogens with zero attached hydrogens (tertiary/aromatic N) is 1. The monoisotopic (exact) mass is 337 g/mol. The number of urea groups is 1. The number of aryl methyl sites for hydroxylation is 1. The topological polar surface area (TPSA) is 87.4 Å². The first-order chi connectivity index (χ1) is 12.2. The second kappa shape index (κ2) is 7.63. The molecule has 0 saturated heterocycles. The lowest BCUT2D eigenvalue weighted by atomic mass is 10.1. The highest BCUT2D eigenvalue weighted by atomic mass is 16.3. The van der Waals surface area contributed by atoms with Gasteiger partial charge in [-0.1, -0.05) is 30.3 Å². The summed E-state index contributed by atoms with van der Waals surface area (Å²) in [5.74, 6) is 0.500. The Bertz CT molecular complexity index is 860. The van der Waals surface area contributed by atoms with Gasteiger partial charge in [0.2, 0.25) is 5.89 Å². The highest BCUT2D eigenvalue weighted by Gasteiger charge is 2.09. The van der Waals surface area contributed by atoms with Crippen molar-refractivity contribution in [1.29, 1.82) is 0 Å². The molecule has 0 radical (unpaired) electrons. The van der Waals surface area contributed by atoms with E-state index in [1.54, 1.807) is 6.20 Å². The van der Waals surface area contributed by atoms with Crippen LogP contribution >= 0.6 is 0 Å². The summed E-state index contributed by atoms with van der Waals surface area (Å²) < 4.78 is 5.29. The second-order valence-electron chi connectivity index (χ2n) is 5.60. The van der Waals surface area contributed by atoms with Crippen LogP contribution in [0.4, 0.5) is 10.5 Å². The van der Waals surface area contributed by atoms with Crippen LogP contribution in [0.15, 0.2) is 59.3 Å². The van der Waals surface area contributed by atoms with Gasteiger partial charge in [0.05, 0.1) is 12.8 Å². The minimum atomic E-state index is -0.319. The number of aliphatic hydroxyl groups is 1. The molecular weight excluding hydrogens is 318 g/mol. The first-order valence-electron chi connectivity index (χ1n) is 7.90. The molecule has 25 heavy (non-hydrogen) atoms. The Hall–Kier alpha value is -3.12. The quantitative estimate of drug-likeness (QED) is 0.665. The summed E-state index contributed by atoms with van der Waals surface area (Å²) >= 11 is 0. The van der Waals surface area contributed by atoms with Crippen LogP contribution in [-0.4, -0.2) is 16.1 Å². The number of carbonyl (C=O) groups is 1. The zero-order valence-electron chi connectivity index (χ0n) is 13.8. The highest BCUT2D eigenvalue weighted by Crippen LogP contribution is 2.24. The van der Waals surface area contributed by atoms with Gasteiger partial charge in [-0.05, 0) is 35.7 Å². The molecule has 1 aromatic heterocycles. The van der Waals surface area contributed by atoms with E-state index >= 15 is 0 Å². The molecule has 0 aliphatic carbocycles. The van der Waals surface area contributed by atoms with Crippen molar-refractivity contribution in [2.75, 3.05) is 5.32 Å². The molecule has 6 heteroatoms. The van der Waals surface area contributed by atoms with Crippen molar-refractivity contribution in [2.45, 2.75) is 20.1 Å². The van der Waals surface area contributed by atoms with Gasteiger partial charge in [-0.3, -0.25) is 0 Å².